The number of nitrogens with one attached hydrogen (secondary N) is 1. The number of methoxy groups -OCH3 is 2. The largest absolute Gasteiger partial charge is 0.493 e. The molecule has 0 radical (unpaired) electrons. The molecular formula is C19H23ClN2O5S. The minimum Gasteiger partial charge on any atom is -0.493 e. The first-order valence-corrected chi connectivity index (χ1v) is 10.6. The van der Waals surface area contributed by atoms with E-state index in [-0.39, 0.29) is 6.54 Å². The van der Waals surface area contributed by atoms with Crippen molar-refractivity contribution in [3.63, 3.8) is 0 Å². The number of rotatable bonds is 8. The van der Waals surface area contributed by atoms with Crippen LogP contribution in [0, 0.1) is 0 Å². The van der Waals surface area contributed by atoms with Crippen LogP contribution >= 0.6 is 11.6 Å². The van der Waals surface area contributed by atoms with Gasteiger partial charge in [0.05, 0.1) is 26.2 Å². The van der Waals surface area contributed by atoms with Gasteiger partial charge in [-0.3, -0.25) is 9.10 Å². The highest BCUT2D eigenvalue weighted by Gasteiger charge is 2.29. The van der Waals surface area contributed by atoms with E-state index in [9.17, 15) is 13.2 Å². The van der Waals surface area contributed by atoms with Crippen LogP contribution in [0.15, 0.2) is 42.5 Å². The smallest absolute Gasteiger partial charge is 0.243 e. The monoisotopic (exact) mass is 426 g/mol. The number of carbonyl (C=O) groups is 1. The molecule has 0 aliphatic rings. The van der Waals surface area contributed by atoms with Gasteiger partial charge in [-0.15, -0.1) is 0 Å². The van der Waals surface area contributed by atoms with Gasteiger partial charge < -0.3 is 14.8 Å². The van der Waals surface area contributed by atoms with Crippen molar-refractivity contribution in [1.82, 2.24) is 5.32 Å². The molecule has 0 aliphatic heterocycles. The topological polar surface area (TPSA) is 84.9 Å². The second-order valence-electron chi connectivity index (χ2n) is 6.12. The minimum atomic E-state index is -3.70. The average Bonchev–Trinajstić information content (AvgIpc) is 2.64. The Bertz CT molecular complexity index is 949. The molecule has 0 saturated heterocycles. The van der Waals surface area contributed by atoms with Gasteiger partial charge in [0.1, 0.15) is 6.04 Å². The highest BCUT2D eigenvalue weighted by molar-refractivity contribution is 7.92. The fraction of sp³-hybridized carbons (Fsp3) is 0.316. The Morgan fingerprint density at radius 2 is 1.82 bits per heavy atom. The molecule has 28 heavy (non-hydrogen) atoms. The number of halogens is 1. The number of amides is 1. The van der Waals surface area contributed by atoms with E-state index in [0.717, 1.165) is 16.1 Å². The maximum absolute atomic E-state index is 12.6. The Balaban J connectivity index is 2.18. The summed E-state index contributed by atoms with van der Waals surface area (Å²) in [6.45, 7) is 1.72. The first-order chi connectivity index (χ1) is 13.2. The summed E-state index contributed by atoms with van der Waals surface area (Å²) in [5, 5.41) is 3.13. The summed E-state index contributed by atoms with van der Waals surface area (Å²) in [5.74, 6) is 0.675. The summed E-state index contributed by atoms with van der Waals surface area (Å²) in [6, 6.07) is 10.7. The van der Waals surface area contributed by atoms with Crippen LogP contribution in [0.2, 0.25) is 5.02 Å². The SMILES string of the molecule is COc1ccc(CNC(=O)C(C)N(c2cccc(Cl)c2)S(C)(=O)=O)cc1OC. The number of benzene rings is 2. The van der Waals surface area contributed by atoms with Crippen LogP contribution in [0.25, 0.3) is 0 Å². The summed E-state index contributed by atoms with van der Waals surface area (Å²) in [6.07, 6.45) is 1.05. The van der Waals surface area contributed by atoms with Gasteiger partial charge in [0.2, 0.25) is 15.9 Å². The Hall–Kier alpha value is -2.45. The highest BCUT2D eigenvalue weighted by Crippen LogP contribution is 2.28. The second-order valence-corrected chi connectivity index (χ2v) is 8.42. The van der Waals surface area contributed by atoms with Crippen molar-refractivity contribution in [3.8, 4) is 11.5 Å². The van der Waals surface area contributed by atoms with Crippen LogP contribution in [-0.4, -0.2) is 40.8 Å². The molecule has 2 aromatic carbocycles. The maximum atomic E-state index is 12.6. The zero-order valence-electron chi connectivity index (χ0n) is 16.1. The maximum Gasteiger partial charge on any atom is 0.243 e. The Labute approximate surface area is 170 Å². The first kappa shape index (κ1) is 21.8. The zero-order chi connectivity index (χ0) is 20.9. The van der Waals surface area contributed by atoms with E-state index in [2.05, 4.69) is 5.32 Å². The fourth-order valence-corrected chi connectivity index (χ4v) is 4.10. The molecule has 0 saturated carbocycles. The Kier molecular flexibility index (Phi) is 7.15. The van der Waals surface area contributed by atoms with Gasteiger partial charge in [0.25, 0.3) is 0 Å². The standard InChI is InChI=1S/C19H23ClN2O5S/c1-13(22(28(4,24)25)16-7-5-6-15(20)11-16)19(23)21-12-14-8-9-17(26-2)18(10-14)27-3/h5-11,13H,12H2,1-4H3,(H,21,23). The van der Waals surface area contributed by atoms with Crippen molar-refractivity contribution in [2.45, 2.75) is 19.5 Å². The van der Waals surface area contributed by atoms with E-state index in [1.165, 1.54) is 27.2 Å². The molecule has 0 heterocycles. The van der Waals surface area contributed by atoms with Gasteiger partial charge in [-0.2, -0.15) is 0 Å². The quantitative estimate of drug-likeness (QED) is 0.701. The summed E-state index contributed by atoms with van der Waals surface area (Å²) in [7, 11) is -0.641. The van der Waals surface area contributed by atoms with Crippen molar-refractivity contribution >= 4 is 33.2 Å². The second kappa shape index (κ2) is 9.16. The van der Waals surface area contributed by atoms with Crippen LogP contribution in [0.1, 0.15) is 12.5 Å². The Morgan fingerprint density at radius 3 is 2.39 bits per heavy atom. The third-order valence-corrected chi connectivity index (χ3v) is 5.54. The van der Waals surface area contributed by atoms with Crippen LogP contribution in [0.5, 0.6) is 11.5 Å². The normalized spacial score (nSPS) is 12.2. The van der Waals surface area contributed by atoms with Crippen molar-refractivity contribution < 1.29 is 22.7 Å². The van der Waals surface area contributed by atoms with Gasteiger partial charge in [-0.25, -0.2) is 8.42 Å². The van der Waals surface area contributed by atoms with Crippen molar-refractivity contribution in [3.05, 3.63) is 53.1 Å². The van der Waals surface area contributed by atoms with Gasteiger partial charge in [-0.05, 0) is 42.8 Å². The summed E-state index contributed by atoms with van der Waals surface area (Å²) < 4.78 is 36.1. The molecule has 1 amide bonds. The van der Waals surface area contributed by atoms with Gasteiger partial charge in [0, 0.05) is 11.6 Å². The predicted molar refractivity (Wildman–Crippen MR) is 110 cm³/mol. The molecule has 1 unspecified atom stereocenters. The molecule has 2 aromatic rings. The number of carbonyl (C=O) groups excluding carboxylic acids is 1. The summed E-state index contributed by atoms with van der Waals surface area (Å²) >= 11 is 5.97. The van der Waals surface area contributed by atoms with Crippen molar-refractivity contribution in [2.75, 3.05) is 24.8 Å². The molecule has 9 heteroatoms. The summed E-state index contributed by atoms with van der Waals surface area (Å²) in [4.78, 5) is 12.6. The zero-order valence-corrected chi connectivity index (χ0v) is 17.7. The van der Waals surface area contributed by atoms with E-state index in [4.69, 9.17) is 21.1 Å². The number of hydrogen-bond acceptors (Lipinski definition) is 5. The lowest BCUT2D eigenvalue weighted by atomic mass is 10.2. The summed E-state index contributed by atoms with van der Waals surface area (Å²) in [5.41, 5.74) is 1.11. The third-order valence-electron chi connectivity index (χ3n) is 4.07. The molecule has 2 rings (SSSR count). The van der Waals surface area contributed by atoms with Crippen LogP contribution < -0.4 is 19.1 Å². The molecular weight excluding hydrogens is 404 g/mol. The number of sulfonamides is 1. The molecule has 0 fully saturated rings. The molecule has 1 N–H and O–H groups in total. The molecule has 0 aliphatic carbocycles. The van der Waals surface area contributed by atoms with Crippen molar-refractivity contribution in [2.24, 2.45) is 0 Å². The number of ether oxygens (including phenoxy) is 2. The Morgan fingerprint density at radius 1 is 1.14 bits per heavy atom. The van der Waals surface area contributed by atoms with E-state index in [0.29, 0.717) is 22.2 Å². The lowest BCUT2D eigenvalue weighted by Crippen LogP contribution is -2.47. The predicted octanol–water partition coefficient (Wildman–Crippen LogP) is 2.83. The van der Waals surface area contributed by atoms with Crippen LogP contribution in [0.4, 0.5) is 5.69 Å². The van der Waals surface area contributed by atoms with E-state index in [1.807, 2.05) is 0 Å². The molecule has 1 atom stereocenters. The van der Waals surface area contributed by atoms with E-state index >= 15 is 0 Å². The highest BCUT2D eigenvalue weighted by atomic mass is 35.5. The molecule has 0 aromatic heterocycles. The van der Waals surface area contributed by atoms with Crippen LogP contribution in [0.3, 0.4) is 0 Å². The first-order valence-electron chi connectivity index (χ1n) is 8.41. The fourth-order valence-electron chi connectivity index (χ4n) is 2.75. The number of anilines is 1. The van der Waals surface area contributed by atoms with Gasteiger partial charge in [-0.1, -0.05) is 23.7 Å². The molecule has 152 valence electrons. The van der Waals surface area contributed by atoms with E-state index < -0.39 is 22.0 Å². The number of nitrogens with zero attached hydrogens (tertiary/aromatic N) is 1. The van der Waals surface area contributed by atoms with Crippen LogP contribution in [-0.2, 0) is 21.4 Å². The van der Waals surface area contributed by atoms with Gasteiger partial charge >= 0.3 is 0 Å². The average molecular weight is 427 g/mol. The van der Waals surface area contributed by atoms with Gasteiger partial charge in [0.15, 0.2) is 11.5 Å². The molecule has 7 nitrogen and oxygen atoms in total. The van der Waals surface area contributed by atoms with E-state index in [1.54, 1.807) is 36.4 Å². The lowest BCUT2D eigenvalue weighted by molar-refractivity contribution is -0.122. The molecule has 0 bridgehead atoms. The molecule has 0 spiro atoms. The number of hydrogen-bond donors (Lipinski definition) is 1. The van der Waals surface area contributed by atoms with Crippen molar-refractivity contribution in [1.29, 1.82) is 0 Å². The minimum absolute atomic E-state index is 0.205. The third kappa shape index (κ3) is 5.30. The lowest BCUT2D eigenvalue weighted by Gasteiger charge is -2.28.